The minimum absolute atomic E-state index is 0. The molecule has 0 saturated carbocycles. The Morgan fingerprint density at radius 2 is 1.42 bits per heavy atom. The molecule has 7 heteroatoms. The van der Waals surface area contributed by atoms with Crippen LogP contribution >= 0.6 is 0 Å². The second kappa shape index (κ2) is 15.6. The largest absolute Gasteiger partial charge is 0.420 e. The topological polar surface area (TPSA) is 36.7 Å². The molecule has 9 aromatic rings. The van der Waals surface area contributed by atoms with Gasteiger partial charge in [-0.1, -0.05) is 135 Å². The van der Waals surface area contributed by atoms with Crippen molar-refractivity contribution in [3.05, 3.63) is 191 Å². The van der Waals surface area contributed by atoms with Gasteiger partial charge >= 0.3 is 6.98 Å². The van der Waals surface area contributed by atoms with Gasteiger partial charge < -0.3 is 14.0 Å². The van der Waals surface area contributed by atoms with Crippen molar-refractivity contribution in [2.75, 3.05) is 9.62 Å². The first-order chi connectivity index (χ1) is 33.3. The van der Waals surface area contributed by atoms with Crippen LogP contribution in [0.5, 0.6) is 0 Å². The minimum Gasteiger partial charge on any atom is -0.367 e. The van der Waals surface area contributed by atoms with Crippen molar-refractivity contribution in [3.8, 4) is 11.3 Å². The van der Waals surface area contributed by atoms with E-state index in [1.165, 1.54) is 22.4 Å². The Morgan fingerprint density at radius 1 is 0.677 bits per heavy atom. The molecule has 6 aromatic carbocycles. The summed E-state index contributed by atoms with van der Waals surface area (Å²) in [5, 5.41) is 2.59. The van der Waals surface area contributed by atoms with Crippen LogP contribution in [-0.2, 0) is 36.4 Å². The van der Waals surface area contributed by atoms with Crippen LogP contribution in [0.1, 0.15) is 94.8 Å². The van der Waals surface area contributed by atoms with Gasteiger partial charge in [-0.2, -0.15) is 24.3 Å². The van der Waals surface area contributed by atoms with Crippen LogP contribution in [0.3, 0.4) is 0 Å². The first kappa shape index (κ1) is 36.2. The van der Waals surface area contributed by atoms with Crippen LogP contribution in [0, 0.1) is 39.7 Å². The molecule has 0 fully saturated rings. The summed E-state index contributed by atoms with van der Waals surface area (Å²) in [5.74, 6) is 0.614. The fourth-order valence-corrected chi connectivity index (χ4v) is 11.3. The molecule has 0 bridgehead atoms. The molecule has 2 aliphatic heterocycles. The molecular weight excluding hydrogens is 970 g/mol. The maximum absolute atomic E-state index is 8.41. The molecule has 0 N–H and O–H groups in total. The third-order valence-corrected chi connectivity index (χ3v) is 15.0. The summed E-state index contributed by atoms with van der Waals surface area (Å²) in [6, 6.07) is 50.8. The maximum Gasteiger partial charge on any atom is 0.420 e. The van der Waals surface area contributed by atoms with E-state index >= 15 is 0 Å². The van der Waals surface area contributed by atoms with Gasteiger partial charge in [-0.15, -0.1) is 35.7 Å². The molecule has 0 amide bonds. The standard InChI is InChI=1S/C32H31N2.C26H23BN3.Ir/c1-19-15-16-24-27-25(19)20-11-7-8-12-21(20)29-33-26-22-13-9-10-14-23(22)30(2,3)17-18-32(6,31(24,4)5)28(26)34(27)29;1-19-11-10-12-20(2)24(19)27-29(22-13-6-4-7-14-22)25-21(3)17-18-28-26(25)30(27)23-15-8-5-9-16-23;/h7-11,13-16H,17-18H2,1-6H3;4-15,17-18H,1-3H3;/q2*-1;/i1D3;3D3;. The van der Waals surface area contributed by atoms with E-state index in [-0.39, 0.29) is 48.9 Å². The third kappa shape index (κ3) is 6.22. The van der Waals surface area contributed by atoms with E-state index in [1.54, 1.807) is 12.3 Å². The molecule has 325 valence electrons. The average molecular weight is 1030 g/mol. The Morgan fingerprint density at radius 3 is 2.17 bits per heavy atom. The fourth-order valence-electron chi connectivity index (χ4n) is 11.3. The van der Waals surface area contributed by atoms with Crippen molar-refractivity contribution in [1.29, 1.82) is 0 Å². The van der Waals surface area contributed by atoms with E-state index < -0.39 is 13.7 Å². The molecule has 0 spiro atoms. The fraction of sp³-hybridized carbons (Fsp3) is 0.241. The first-order valence-electron chi connectivity index (χ1n) is 25.3. The maximum atomic E-state index is 8.41. The molecule has 1 atom stereocenters. The Bertz CT molecular complexity index is 3530. The van der Waals surface area contributed by atoms with Gasteiger partial charge in [-0.3, -0.25) is 4.98 Å². The van der Waals surface area contributed by atoms with Crippen molar-refractivity contribution in [2.45, 2.75) is 91.3 Å². The number of rotatable bonds is 3. The van der Waals surface area contributed by atoms with Crippen LogP contribution in [-0.4, -0.2) is 21.4 Å². The number of fused-ring (bicyclic) bond motifs is 6. The number of benzene rings is 6. The molecule has 65 heavy (non-hydrogen) atoms. The molecule has 1 aliphatic carbocycles. The molecule has 5 heterocycles. The quantitative estimate of drug-likeness (QED) is 0.100. The summed E-state index contributed by atoms with van der Waals surface area (Å²) >= 11 is 0. The van der Waals surface area contributed by atoms with Crippen molar-refractivity contribution in [1.82, 2.24) is 14.4 Å². The van der Waals surface area contributed by atoms with Crippen molar-refractivity contribution < 1.29 is 28.3 Å². The number of nitrogens with zero attached hydrogens (tertiary/aromatic N) is 5. The van der Waals surface area contributed by atoms with E-state index in [0.717, 1.165) is 73.8 Å². The summed E-state index contributed by atoms with van der Waals surface area (Å²) in [6.45, 7) is 11.1. The van der Waals surface area contributed by atoms with Gasteiger partial charge in [0.1, 0.15) is 5.82 Å². The smallest absolute Gasteiger partial charge is 0.367 e. The van der Waals surface area contributed by atoms with Crippen LogP contribution in [0.4, 0.5) is 22.9 Å². The Balaban J connectivity index is 0.000000163. The molecule has 0 saturated heterocycles. The van der Waals surface area contributed by atoms with Gasteiger partial charge in [0.25, 0.3) is 0 Å². The zero-order valence-corrected chi connectivity index (χ0v) is 40.2. The zero-order valence-electron chi connectivity index (χ0n) is 43.8. The number of imidazole rings is 1. The first-order valence-corrected chi connectivity index (χ1v) is 22.3. The molecule has 12 rings (SSSR count). The van der Waals surface area contributed by atoms with Gasteiger partial charge in [-0.05, 0) is 91.5 Å². The van der Waals surface area contributed by atoms with Crippen molar-refractivity contribution in [2.24, 2.45) is 0 Å². The zero-order chi connectivity index (χ0) is 49.3. The predicted molar refractivity (Wildman–Crippen MR) is 268 cm³/mol. The second-order valence-electron chi connectivity index (χ2n) is 19.2. The molecule has 1 unspecified atom stereocenters. The minimum atomic E-state index is -2.29. The van der Waals surface area contributed by atoms with Gasteiger partial charge in [0.2, 0.25) is 0 Å². The van der Waals surface area contributed by atoms with E-state index in [2.05, 4.69) is 117 Å². The molecule has 3 aromatic heterocycles. The van der Waals surface area contributed by atoms with Crippen molar-refractivity contribution in [3.63, 3.8) is 0 Å². The number of aromatic nitrogens is 3. The second-order valence-corrected chi connectivity index (χ2v) is 19.2. The van der Waals surface area contributed by atoms with Crippen LogP contribution in [0.15, 0.2) is 140 Å². The number of anilines is 4. The predicted octanol–water partition coefficient (Wildman–Crippen LogP) is 13.5. The number of aryl methyl sites for hydroxylation is 4. The van der Waals surface area contributed by atoms with Gasteiger partial charge in [0.15, 0.2) is 0 Å². The number of para-hydroxylation sites is 2. The van der Waals surface area contributed by atoms with Crippen LogP contribution in [0.25, 0.3) is 38.6 Å². The monoisotopic (exact) mass is 1030 g/mol. The number of hydrogen-bond acceptors (Lipinski definition) is 4. The van der Waals surface area contributed by atoms with E-state index in [9.17, 15) is 0 Å². The Hall–Kier alpha value is -6.01. The number of hydrogen-bond donors (Lipinski definition) is 0. The van der Waals surface area contributed by atoms with E-state index in [0.29, 0.717) is 17.1 Å². The molecular formula is C58H54BIrN5-2. The summed E-state index contributed by atoms with van der Waals surface area (Å²) < 4.78 is 52.4. The Labute approximate surface area is 406 Å². The normalized spacial score (nSPS) is 19.3. The van der Waals surface area contributed by atoms with Gasteiger partial charge in [0, 0.05) is 67.8 Å². The van der Waals surface area contributed by atoms with Crippen molar-refractivity contribution >= 4 is 62.6 Å². The molecule has 3 aliphatic rings. The SMILES string of the molecule is [2H]C([2H])([2H])c1ccc2c3c1c1ccc[c-]c1c1nc4c(n13)C(C)(CCC(C)(C)c1ccccc1-4)C2(C)C.[2H]C([2H])([2H])c1ccnc2c1N(c1ccccc1)B(c1c(C)cccc1C)N2c1[c-]cccc1.[Ir]. The summed E-state index contributed by atoms with van der Waals surface area (Å²) in [4.78, 5) is 14.3. The molecule has 1 radical (unpaired) electrons. The summed E-state index contributed by atoms with van der Waals surface area (Å²) in [6.07, 6.45) is 3.63. The molecule has 5 nitrogen and oxygen atoms in total. The third-order valence-electron chi connectivity index (χ3n) is 15.0. The van der Waals surface area contributed by atoms with E-state index in [1.807, 2.05) is 84.9 Å². The number of pyridine rings is 2. The van der Waals surface area contributed by atoms with Gasteiger partial charge in [-0.25, -0.2) is 4.98 Å². The van der Waals surface area contributed by atoms with Crippen LogP contribution < -0.4 is 15.1 Å². The van der Waals surface area contributed by atoms with Crippen LogP contribution in [0.2, 0.25) is 0 Å². The Kier molecular flexibility index (Phi) is 8.68. The van der Waals surface area contributed by atoms with Gasteiger partial charge in [0.05, 0.1) is 17.0 Å². The van der Waals surface area contributed by atoms with E-state index in [4.69, 9.17) is 18.2 Å². The summed E-state index contributed by atoms with van der Waals surface area (Å²) in [5.41, 5.74) is 13.7. The summed E-state index contributed by atoms with van der Waals surface area (Å²) in [7, 11) is 0. The average Bonchev–Trinajstić information content (AvgIpc) is 3.90.